The number of nitrogens with zero attached hydrogens (tertiary/aromatic N) is 4. The molecule has 29 heavy (non-hydrogen) atoms. The van der Waals surface area contributed by atoms with Crippen LogP contribution in [-0.2, 0) is 6.18 Å². The molecule has 0 unspecified atom stereocenters. The molecule has 1 N–H and O–H groups in total. The van der Waals surface area contributed by atoms with Crippen LogP contribution in [0.4, 0.5) is 29.5 Å². The number of rotatable bonds is 2. The Hall–Kier alpha value is -2.84. The van der Waals surface area contributed by atoms with Crippen LogP contribution in [0.1, 0.15) is 29.1 Å². The second-order valence-electron chi connectivity index (χ2n) is 7.14. The van der Waals surface area contributed by atoms with Crippen molar-refractivity contribution in [3.05, 3.63) is 46.9 Å². The minimum atomic E-state index is -4.45. The van der Waals surface area contributed by atoms with E-state index in [1.165, 1.54) is 12.1 Å². The van der Waals surface area contributed by atoms with Crippen LogP contribution in [0.2, 0.25) is 0 Å². The Morgan fingerprint density at radius 3 is 2.55 bits per heavy atom. The highest BCUT2D eigenvalue weighted by atomic mass is 19.4. The van der Waals surface area contributed by atoms with Gasteiger partial charge in [-0.3, -0.25) is 0 Å². The van der Waals surface area contributed by atoms with Crippen LogP contribution in [0.5, 0.6) is 0 Å². The molecule has 0 spiro atoms. The molecule has 0 saturated carbocycles. The van der Waals surface area contributed by atoms with E-state index >= 15 is 0 Å². The summed E-state index contributed by atoms with van der Waals surface area (Å²) < 4.78 is 38.6. The van der Waals surface area contributed by atoms with Crippen molar-refractivity contribution >= 4 is 17.5 Å². The van der Waals surface area contributed by atoms with Crippen LogP contribution in [0, 0.1) is 20.8 Å². The first-order chi connectivity index (χ1) is 13.6. The Balaban J connectivity index is 1.68. The molecular formula is C20H24F3N5O. The van der Waals surface area contributed by atoms with Gasteiger partial charge in [-0.1, -0.05) is 6.07 Å². The predicted molar refractivity (Wildman–Crippen MR) is 105 cm³/mol. The number of amides is 2. The summed E-state index contributed by atoms with van der Waals surface area (Å²) in [7, 11) is 0. The van der Waals surface area contributed by atoms with Gasteiger partial charge in [0.15, 0.2) is 0 Å². The Kier molecular flexibility index (Phi) is 5.95. The van der Waals surface area contributed by atoms with Crippen molar-refractivity contribution in [2.24, 2.45) is 0 Å². The number of aromatic nitrogens is 2. The zero-order valence-electron chi connectivity index (χ0n) is 16.7. The molecule has 1 aliphatic heterocycles. The van der Waals surface area contributed by atoms with Gasteiger partial charge in [-0.15, -0.1) is 0 Å². The number of aryl methyl sites for hydroxylation is 2. The summed E-state index contributed by atoms with van der Waals surface area (Å²) in [6.45, 7) is 8.07. The lowest BCUT2D eigenvalue weighted by molar-refractivity contribution is -0.137. The van der Waals surface area contributed by atoms with E-state index in [2.05, 4.69) is 20.2 Å². The highest BCUT2D eigenvalue weighted by Crippen LogP contribution is 2.30. The number of hydrogen-bond donors (Lipinski definition) is 1. The zero-order chi connectivity index (χ0) is 21.2. The molecule has 1 aromatic carbocycles. The number of alkyl halides is 3. The van der Waals surface area contributed by atoms with Crippen LogP contribution in [0.25, 0.3) is 0 Å². The number of urea groups is 1. The predicted octanol–water partition coefficient (Wildman–Crippen LogP) is 4.16. The van der Waals surface area contributed by atoms with Gasteiger partial charge in [0.1, 0.15) is 11.6 Å². The van der Waals surface area contributed by atoms with E-state index in [-0.39, 0.29) is 5.69 Å². The molecule has 6 nitrogen and oxygen atoms in total. The number of carbonyl (C=O) groups is 1. The molecule has 0 atom stereocenters. The third-order valence-corrected chi connectivity index (χ3v) is 5.00. The molecule has 9 heteroatoms. The number of hydrogen-bond acceptors (Lipinski definition) is 4. The highest BCUT2D eigenvalue weighted by Gasteiger charge is 2.30. The topological polar surface area (TPSA) is 61.4 Å². The van der Waals surface area contributed by atoms with Crippen molar-refractivity contribution in [1.82, 2.24) is 14.9 Å². The Bertz CT molecular complexity index is 900. The normalized spacial score (nSPS) is 15.2. The second-order valence-corrected chi connectivity index (χ2v) is 7.14. The molecule has 1 aliphatic rings. The smallest absolute Gasteiger partial charge is 0.354 e. The lowest BCUT2D eigenvalue weighted by Gasteiger charge is -2.25. The molecule has 1 aromatic heterocycles. The molecule has 1 fully saturated rings. The molecule has 156 valence electrons. The van der Waals surface area contributed by atoms with Gasteiger partial charge in [-0.05, 0) is 45.4 Å². The maximum absolute atomic E-state index is 12.9. The van der Waals surface area contributed by atoms with E-state index in [1.54, 1.807) is 4.90 Å². The van der Waals surface area contributed by atoms with Crippen molar-refractivity contribution in [3.63, 3.8) is 0 Å². The molecule has 0 bridgehead atoms. The molecule has 0 aliphatic carbocycles. The fourth-order valence-electron chi connectivity index (χ4n) is 3.37. The summed E-state index contributed by atoms with van der Waals surface area (Å²) >= 11 is 0. The lowest BCUT2D eigenvalue weighted by Crippen LogP contribution is -2.38. The van der Waals surface area contributed by atoms with Crippen molar-refractivity contribution < 1.29 is 18.0 Å². The molecule has 2 aromatic rings. The van der Waals surface area contributed by atoms with E-state index in [0.717, 1.165) is 42.2 Å². The zero-order valence-corrected chi connectivity index (χ0v) is 16.7. The number of nitrogens with one attached hydrogen (secondary N) is 1. The lowest BCUT2D eigenvalue weighted by atomic mass is 10.2. The minimum Gasteiger partial charge on any atom is -0.354 e. The first kappa shape index (κ1) is 20.9. The average molecular weight is 407 g/mol. The van der Waals surface area contributed by atoms with E-state index in [9.17, 15) is 18.0 Å². The number of halogens is 3. The third kappa shape index (κ3) is 4.96. The molecule has 1 saturated heterocycles. The summed E-state index contributed by atoms with van der Waals surface area (Å²) in [5, 5.41) is 2.58. The quantitative estimate of drug-likeness (QED) is 0.812. The van der Waals surface area contributed by atoms with Gasteiger partial charge >= 0.3 is 12.2 Å². The van der Waals surface area contributed by atoms with Crippen molar-refractivity contribution in [2.45, 2.75) is 33.4 Å². The van der Waals surface area contributed by atoms with E-state index in [1.807, 2.05) is 20.8 Å². The number of anilines is 2. The van der Waals surface area contributed by atoms with Gasteiger partial charge < -0.3 is 15.1 Å². The van der Waals surface area contributed by atoms with Gasteiger partial charge in [0, 0.05) is 43.1 Å². The van der Waals surface area contributed by atoms with Crippen LogP contribution in [-0.4, -0.2) is 47.1 Å². The Labute approximate surface area is 167 Å². The second kappa shape index (κ2) is 8.26. The molecule has 2 amide bonds. The summed E-state index contributed by atoms with van der Waals surface area (Å²) in [4.78, 5) is 25.3. The molecular weight excluding hydrogens is 383 g/mol. The standard InChI is InChI=1S/C20H24F3N5O/c1-13-14(2)24-15(3)25-18(13)27-8-5-9-28(11-10-27)19(29)26-17-7-4-6-16(12-17)20(21,22)23/h4,6-7,12H,5,8-11H2,1-3H3,(H,26,29). The maximum Gasteiger partial charge on any atom is 0.416 e. The summed E-state index contributed by atoms with van der Waals surface area (Å²) in [6.07, 6.45) is -3.72. The molecule has 2 heterocycles. The summed E-state index contributed by atoms with van der Waals surface area (Å²) in [5.74, 6) is 1.57. The average Bonchev–Trinajstić information content (AvgIpc) is 2.90. The van der Waals surface area contributed by atoms with Gasteiger partial charge in [0.25, 0.3) is 0 Å². The first-order valence-electron chi connectivity index (χ1n) is 9.45. The maximum atomic E-state index is 12.9. The SMILES string of the molecule is Cc1nc(C)c(C)c(N2CCCN(C(=O)Nc3cccc(C(F)(F)F)c3)CC2)n1. The first-order valence-corrected chi connectivity index (χ1v) is 9.45. The minimum absolute atomic E-state index is 0.129. The van der Waals surface area contributed by atoms with E-state index < -0.39 is 17.8 Å². The van der Waals surface area contributed by atoms with E-state index in [4.69, 9.17) is 0 Å². The van der Waals surface area contributed by atoms with Crippen molar-refractivity contribution in [2.75, 3.05) is 36.4 Å². The monoisotopic (exact) mass is 407 g/mol. The van der Waals surface area contributed by atoms with E-state index in [0.29, 0.717) is 25.5 Å². The summed E-state index contributed by atoms with van der Waals surface area (Å²) in [5.41, 5.74) is 1.28. The largest absolute Gasteiger partial charge is 0.416 e. The Morgan fingerprint density at radius 1 is 1.07 bits per heavy atom. The summed E-state index contributed by atoms with van der Waals surface area (Å²) in [6, 6.07) is 4.25. The fourth-order valence-corrected chi connectivity index (χ4v) is 3.37. The van der Waals surface area contributed by atoms with Gasteiger partial charge in [0.2, 0.25) is 0 Å². The molecule has 3 rings (SSSR count). The van der Waals surface area contributed by atoms with Crippen LogP contribution in [0.3, 0.4) is 0 Å². The van der Waals surface area contributed by atoms with Gasteiger partial charge in [-0.25, -0.2) is 14.8 Å². The van der Waals surface area contributed by atoms with Crippen molar-refractivity contribution in [3.8, 4) is 0 Å². The van der Waals surface area contributed by atoms with Crippen molar-refractivity contribution in [1.29, 1.82) is 0 Å². The van der Waals surface area contributed by atoms with Crippen LogP contribution in [0.15, 0.2) is 24.3 Å². The number of benzene rings is 1. The van der Waals surface area contributed by atoms with Gasteiger partial charge in [0.05, 0.1) is 5.56 Å². The van der Waals surface area contributed by atoms with Gasteiger partial charge in [-0.2, -0.15) is 13.2 Å². The molecule has 0 radical (unpaired) electrons. The highest BCUT2D eigenvalue weighted by molar-refractivity contribution is 5.89. The van der Waals surface area contributed by atoms with Crippen LogP contribution >= 0.6 is 0 Å². The third-order valence-electron chi connectivity index (χ3n) is 5.00. The fraction of sp³-hybridized carbons (Fsp3) is 0.450. The van der Waals surface area contributed by atoms with Crippen LogP contribution < -0.4 is 10.2 Å². The Morgan fingerprint density at radius 2 is 1.83 bits per heavy atom. The number of carbonyl (C=O) groups excluding carboxylic acids is 1.